The Morgan fingerprint density at radius 3 is 2.90 bits per heavy atom. The molecule has 0 spiro atoms. The van der Waals surface area contributed by atoms with Crippen LogP contribution in [0.3, 0.4) is 0 Å². The number of aliphatic hydroxyl groups excluding tert-OH is 3. The van der Waals surface area contributed by atoms with Crippen molar-refractivity contribution in [1.29, 1.82) is 0 Å². The minimum absolute atomic E-state index is 0.160. The van der Waals surface area contributed by atoms with Crippen molar-refractivity contribution < 1.29 is 20.1 Å². The van der Waals surface area contributed by atoms with Gasteiger partial charge in [-0.2, -0.15) is 0 Å². The zero-order valence-electron chi connectivity index (χ0n) is 10.5. The van der Waals surface area contributed by atoms with Crippen LogP contribution in [0.2, 0.25) is 0 Å². The van der Waals surface area contributed by atoms with Gasteiger partial charge in [0.25, 0.3) is 0 Å². The second-order valence-electron chi connectivity index (χ2n) is 4.69. The Morgan fingerprint density at radius 1 is 1.35 bits per heavy atom. The Balaban J connectivity index is 1.97. The maximum Gasteiger partial charge on any atom is 0.167 e. The number of aromatic nitrogens is 4. The number of rotatable bonds is 2. The van der Waals surface area contributed by atoms with Crippen LogP contribution in [0.1, 0.15) is 12.6 Å². The van der Waals surface area contributed by atoms with Crippen molar-refractivity contribution in [2.75, 3.05) is 12.3 Å². The third-order valence-electron chi connectivity index (χ3n) is 3.43. The first-order valence-electron chi connectivity index (χ1n) is 6.17. The Kier molecular flexibility index (Phi) is 3.26. The van der Waals surface area contributed by atoms with E-state index in [2.05, 4.69) is 15.0 Å². The van der Waals surface area contributed by atoms with Crippen molar-refractivity contribution >= 4 is 17.0 Å². The molecule has 2 aromatic rings. The van der Waals surface area contributed by atoms with Crippen molar-refractivity contribution in [3.8, 4) is 0 Å². The summed E-state index contributed by atoms with van der Waals surface area (Å²) in [6, 6.07) is 0. The summed E-state index contributed by atoms with van der Waals surface area (Å²) in [7, 11) is 0. The first-order chi connectivity index (χ1) is 9.61. The molecule has 108 valence electrons. The van der Waals surface area contributed by atoms with Gasteiger partial charge >= 0.3 is 0 Å². The quantitative estimate of drug-likeness (QED) is 0.516. The number of hydrogen-bond donors (Lipinski definition) is 4. The van der Waals surface area contributed by atoms with E-state index < -0.39 is 31.1 Å². The number of ether oxygens (including phenoxy) is 1. The number of fused-ring (bicyclic) bond motifs is 1. The molecule has 0 saturated carbocycles. The first kappa shape index (κ1) is 13.2. The fourth-order valence-corrected chi connectivity index (χ4v) is 2.34. The molecule has 0 aliphatic carbocycles. The maximum atomic E-state index is 9.84. The van der Waals surface area contributed by atoms with E-state index in [1.54, 1.807) is 4.57 Å². The summed E-state index contributed by atoms with van der Waals surface area (Å²) in [6.07, 6.45) is -0.613. The van der Waals surface area contributed by atoms with Crippen LogP contribution in [-0.4, -0.2) is 59.8 Å². The fraction of sp³-hybridized carbons (Fsp3) is 0.545. The highest BCUT2D eigenvalue weighted by atomic mass is 16.5. The van der Waals surface area contributed by atoms with Gasteiger partial charge in [0.05, 0.1) is 19.0 Å². The summed E-state index contributed by atoms with van der Waals surface area (Å²) in [5.74, 6) is 0.254. The van der Waals surface area contributed by atoms with Crippen LogP contribution >= 0.6 is 0 Å². The fourth-order valence-electron chi connectivity index (χ4n) is 2.34. The van der Waals surface area contributed by atoms with Crippen molar-refractivity contribution in [3.63, 3.8) is 0 Å². The molecule has 1 aliphatic rings. The van der Waals surface area contributed by atoms with Crippen molar-refractivity contribution in [2.24, 2.45) is 0 Å². The molecule has 1 aliphatic heterocycles. The largest absolute Gasteiger partial charge is 0.394 e. The summed E-state index contributed by atoms with van der Waals surface area (Å²) < 4.78 is 7.17. The minimum Gasteiger partial charge on any atom is -0.394 e. The Labute approximate surface area is 113 Å². The van der Waals surface area contributed by atoms with Gasteiger partial charge in [-0.3, -0.25) is 4.57 Å². The standard InChI is InChI=1S/C11H15N5O4/c12-10-8-11(14-3-13-10)16(4-15-8)7-1-5(18)9(19)6(2-17)20-7/h3-7,9,17-19H,1-2H2,(H2,12,13,14)/t5-,6+,7+,9-/m0/s1. The van der Waals surface area contributed by atoms with Gasteiger partial charge < -0.3 is 25.8 Å². The third-order valence-corrected chi connectivity index (χ3v) is 3.43. The van der Waals surface area contributed by atoms with E-state index in [0.29, 0.717) is 11.2 Å². The van der Waals surface area contributed by atoms with Gasteiger partial charge in [0, 0.05) is 6.42 Å². The second kappa shape index (κ2) is 4.94. The monoisotopic (exact) mass is 281 g/mol. The maximum absolute atomic E-state index is 9.84. The molecule has 1 saturated heterocycles. The Bertz CT molecular complexity index is 618. The predicted octanol–water partition coefficient (Wildman–Crippen LogP) is -1.59. The van der Waals surface area contributed by atoms with Crippen molar-refractivity contribution in [1.82, 2.24) is 19.5 Å². The molecule has 1 fully saturated rings. The summed E-state index contributed by atoms with van der Waals surface area (Å²) in [4.78, 5) is 12.1. The molecule has 0 amide bonds. The smallest absolute Gasteiger partial charge is 0.167 e. The lowest BCUT2D eigenvalue weighted by Gasteiger charge is -2.36. The highest BCUT2D eigenvalue weighted by Crippen LogP contribution is 2.30. The van der Waals surface area contributed by atoms with Crippen LogP contribution in [0.5, 0.6) is 0 Å². The normalized spacial score (nSPS) is 30.8. The second-order valence-corrected chi connectivity index (χ2v) is 4.69. The zero-order valence-corrected chi connectivity index (χ0v) is 10.5. The molecule has 0 radical (unpaired) electrons. The van der Waals surface area contributed by atoms with Crippen LogP contribution in [0.25, 0.3) is 11.2 Å². The number of hydrogen-bond acceptors (Lipinski definition) is 8. The first-order valence-corrected chi connectivity index (χ1v) is 6.17. The molecule has 3 heterocycles. The molecule has 0 aromatic carbocycles. The molecule has 5 N–H and O–H groups in total. The average molecular weight is 281 g/mol. The number of nitrogen functional groups attached to an aromatic ring is 1. The summed E-state index contributed by atoms with van der Waals surface area (Å²) >= 11 is 0. The lowest BCUT2D eigenvalue weighted by atomic mass is 10.0. The molecule has 4 atom stereocenters. The third kappa shape index (κ3) is 2.00. The SMILES string of the molecule is Nc1ncnc2c1ncn2[C@H]1C[C@H](O)[C@H](O)[C@@H](CO)O1. The molecule has 2 aromatic heterocycles. The highest BCUT2D eigenvalue weighted by molar-refractivity contribution is 5.81. The van der Waals surface area contributed by atoms with E-state index in [-0.39, 0.29) is 12.2 Å². The minimum atomic E-state index is -1.12. The summed E-state index contributed by atoms with van der Waals surface area (Å²) in [5.41, 5.74) is 6.62. The predicted molar refractivity (Wildman–Crippen MR) is 67.4 cm³/mol. The average Bonchev–Trinajstić information content (AvgIpc) is 2.87. The topological polar surface area (TPSA) is 140 Å². The van der Waals surface area contributed by atoms with Crippen LogP contribution < -0.4 is 5.73 Å². The van der Waals surface area contributed by atoms with Crippen molar-refractivity contribution in [3.05, 3.63) is 12.7 Å². The number of imidazole rings is 1. The lowest BCUT2D eigenvalue weighted by Crippen LogP contribution is -2.48. The lowest BCUT2D eigenvalue weighted by molar-refractivity contribution is -0.200. The van der Waals surface area contributed by atoms with E-state index in [1.165, 1.54) is 12.7 Å². The molecule has 3 rings (SSSR count). The van der Waals surface area contributed by atoms with Gasteiger partial charge in [0.1, 0.15) is 30.3 Å². The highest BCUT2D eigenvalue weighted by Gasteiger charge is 2.37. The van der Waals surface area contributed by atoms with Crippen LogP contribution in [0, 0.1) is 0 Å². The Hall–Kier alpha value is -1.81. The molecular formula is C11H15N5O4. The summed E-state index contributed by atoms with van der Waals surface area (Å²) in [5, 5.41) is 28.7. The molecule has 20 heavy (non-hydrogen) atoms. The molecule has 9 heteroatoms. The zero-order chi connectivity index (χ0) is 14.3. The molecular weight excluding hydrogens is 266 g/mol. The van der Waals surface area contributed by atoms with Crippen LogP contribution in [0.4, 0.5) is 5.82 Å². The van der Waals surface area contributed by atoms with Gasteiger partial charge in [0.15, 0.2) is 11.5 Å². The van der Waals surface area contributed by atoms with E-state index in [9.17, 15) is 15.3 Å². The van der Waals surface area contributed by atoms with Gasteiger partial charge in [0.2, 0.25) is 0 Å². The van der Waals surface area contributed by atoms with Gasteiger partial charge in [-0.05, 0) is 0 Å². The molecule has 9 nitrogen and oxygen atoms in total. The van der Waals surface area contributed by atoms with Crippen LogP contribution in [0.15, 0.2) is 12.7 Å². The van der Waals surface area contributed by atoms with E-state index in [4.69, 9.17) is 10.5 Å². The van der Waals surface area contributed by atoms with Gasteiger partial charge in [-0.15, -0.1) is 0 Å². The van der Waals surface area contributed by atoms with E-state index in [0.717, 1.165) is 0 Å². The van der Waals surface area contributed by atoms with Crippen LogP contribution in [-0.2, 0) is 4.74 Å². The van der Waals surface area contributed by atoms with Gasteiger partial charge in [-0.25, -0.2) is 15.0 Å². The Morgan fingerprint density at radius 2 is 2.15 bits per heavy atom. The number of aliphatic hydroxyl groups is 3. The van der Waals surface area contributed by atoms with E-state index >= 15 is 0 Å². The number of nitrogens with two attached hydrogens (primary N) is 1. The number of nitrogens with zero attached hydrogens (tertiary/aromatic N) is 4. The number of anilines is 1. The van der Waals surface area contributed by atoms with E-state index in [1.807, 2.05) is 0 Å². The summed E-state index contributed by atoms with van der Waals surface area (Å²) in [6.45, 7) is -0.390. The molecule has 0 bridgehead atoms. The van der Waals surface area contributed by atoms with Gasteiger partial charge in [-0.1, -0.05) is 0 Å². The molecule has 0 unspecified atom stereocenters. The van der Waals surface area contributed by atoms with Crippen molar-refractivity contribution in [2.45, 2.75) is 31.0 Å².